The summed E-state index contributed by atoms with van der Waals surface area (Å²) in [6, 6.07) is 0. The summed E-state index contributed by atoms with van der Waals surface area (Å²) in [4.78, 5) is 10.5. The average Bonchev–Trinajstić information content (AvgIpc) is 2.40. The molecular weight excluding hydrogens is 329 g/mol. The van der Waals surface area contributed by atoms with Gasteiger partial charge < -0.3 is 12.3 Å². The summed E-state index contributed by atoms with van der Waals surface area (Å²) in [6.45, 7) is 3.90. The van der Waals surface area contributed by atoms with Gasteiger partial charge in [0.15, 0.2) is 0 Å². The predicted molar refractivity (Wildman–Crippen MR) is 90.2 cm³/mol. The van der Waals surface area contributed by atoms with Crippen molar-refractivity contribution >= 4 is 16.0 Å². The Labute approximate surface area is 165 Å². The molecule has 0 aliphatic carbocycles. The fourth-order valence-electron chi connectivity index (χ4n) is 1.87. The molecule has 1 atom stereocenters. The molecule has 0 aliphatic heterocycles. The number of nitrogens with two attached hydrogens (primary N) is 1. The molecule has 1 unspecified atom stereocenters. The summed E-state index contributed by atoms with van der Waals surface area (Å²) in [7, 11) is -3.67. The maximum atomic E-state index is 10.5. The van der Waals surface area contributed by atoms with Gasteiger partial charge in [0.2, 0.25) is 5.91 Å². The number of amides is 1. The summed E-state index contributed by atoms with van der Waals surface area (Å²) in [5.41, 5.74) is 4.94. The second-order valence-electron chi connectivity index (χ2n) is 5.47. The first-order valence-corrected chi connectivity index (χ1v) is 9.78. The minimum Gasteiger partial charge on any atom is -1.00 e. The van der Waals surface area contributed by atoms with Crippen LogP contribution in [-0.2, 0) is 14.9 Å². The molecular formula is C15H34NNaO5S. The summed E-state index contributed by atoms with van der Waals surface area (Å²) in [5, 5.41) is 9.12. The molecule has 8 heteroatoms. The van der Waals surface area contributed by atoms with Gasteiger partial charge in [-0.05, 0) is 12.8 Å². The van der Waals surface area contributed by atoms with Gasteiger partial charge in [0.05, 0.1) is 5.75 Å². The van der Waals surface area contributed by atoms with Crippen molar-refractivity contribution in [1.29, 1.82) is 0 Å². The Bertz CT molecular complexity index is 369. The maximum Gasteiger partial charge on any atom is 1.00 e. The van der Waals surface area contributed by atoms with E-state index in [9.17, 15) is 13.2 Å². The first-order valence-electron chi connectivity index (χ1n) is 8.17. The van der Waals surface area contributed by atoms with Crippen LogP contribution in [0.15, 0.2) is 0 Å². The molecule has 6 nitrogen and oxygen atoms in total. The van der Waals surface area contributed by atoms with Gasteiger partial charge in [-0.15, -0.1) is 0 Å². The van der Waals surface area contributed by atoms with Crippen LogP contribution in [0.1, 0.15) is 79.5 Å². The van der Waals surface area contributed by atoms with Crippen molar-refractivity contribution in [2.45, 2.75) is 84.2 Å². The van der Waals surface area contributed by atoms with Gasteiger partial charge in [0.25, 0.3) is 10.1 Å². The number of hydrogen-bond acceptors (Lipinski definition) is 4. The van der Waals surface area contributed by atoms with E-state index in [1.54, 1.807) is 6.92 Å². The van der Waals surface area contributed by atoms with Crippen molar-refractivity contribution in [1.82, 2.24) is 0 Å². The van der Waals surface area contributed by atoms with E-state index in [-0.39, 0.29) is 36.7 Å². The Morgan fingerprint density at radius 1 is 1.00 bits per heavy atom. The molecule has 0 bridgehead atoms. The monoisotopic (exact) mass is 363 g/mol. The molecule has 1 amide bonds. The predicted octanol–water partition coefficient (Wildman–Crippen LogP) is -0.236. The molecule has 0 aromatic heterocycles. The maximum absolute atomic E-state index is 10.5. The zero-order chi connectivity index (χ0) is 17.4. The molecule has 0 heterocycles. The van der Waals surface area contributed by atoms with Crippen LogP contribution in [-0.4, -0.2) is 35.8 Å². The molecule has 0 radical (unpaired) electrons. The molecule has 4 N–H and O–H groups in total. The molecule has 23 heavy (non-hydrogen) atoms. The van der Waals surface area contributed by atoms with Crippen molar-refractivity contribution in [3.63, 3.8) is 0 Å². The van der Waals surface area contributed by atoms with E-state index in [1.165, 1.54) is 38.5 Å². The normalized spacial score (nSPS) is 11.8. The number of rotatable bonds is 12. The Balaban J connectivity index is -0.000000191. The second-order valence-corrected chi connectivity index (χ2v) is 7.04. The van der Waals surface area contributed by atoms with Gasteiger partial charge >= 0.3 is 29.6 Å². The van der Waals surface area contributed by atoms with Crippen LogP contribution in [0.4, 0.5) is 0 Å². The van der Waals surface area contributed by atoms with Crippen LogP contribution in [0.5, 0.6) is 0 Å². The minimum absolute atomic E-state index is 0. The van der Waals surface area contributed by atoms with E-state index in [4.69, 9.17) is 15.4 Å². The van der Waals surface area contributed by atoms with Gasteiger partial charge in [0, 0.05) is 0 Å². The van der Waals surface area contributed by atoms with E-state index >= 15 is 0 Å². The molecule has 0 fully saturated rings. The number of primary amides is 1. The Kier molecular flexibility index (Phi) is 22.9. The second kappa shape index (κ2) is 18.7. The van der Waals surface area contributed by atoms with Gasteiger partial charge in [-0.2, -0.15) is 8.42 Å². The largest absolute Gasteiger partial charge is 1.00 e. The smallest absolute Gasteiger partial charge is 1.00 e. The number of unbranched alkanes of at least 4 members (excludes halogenated alkanes) is 7. The number of carbonyl (C=O) groups excluding carboxylic acids is 1. The van der Waals surface area contributed by atoms with Crippen molar-refractivity contribution in [3.05, 3.63) is 0 Å². The third-order valence-corrected chi connectivity index (χ3v) is 4.05. The topological polar surface area (TPSA) is 118 Å². The average molecular weight is 363 g/mol. The molecule has 0 rings (SSSR count). The summed E-state index contributed by atoms with van der Waals surface area (Å²) in [5.74, 6) is -0.731. The van der Waals surface area contributed by atoms with Crippen molar-refractivity contribution in [2.24, 2.45) is 5.73 Å². The molecule has 0 spiro atoms. The first-order chi connectivity index (χ1) is 10.2. The minimum atomic E-state index is -3.67. The van der Waals surface area contributed by atoms with E-state index in [0.717, 1.165) is 12.8 Å². The van der Waals surface area contributed by atoms with Crippen LogP contribution < -0.4 is 35.3 Å². The van der Waals surface area contributed by atoms with Gasteiger partial charge in [-0.25, -0.2) is 0 Å². The molecule has 0 aliphatic rings. The van der Waals surface area contributed by atoms with Crippen LogP contribution in [0.25, 0.3) is 0 Å². The molecule has 136 valence electrons. The third-order valence-electron chi connectivity index (χ3n) is 3.12. The van der Waals surface area contributed by atoms with Crippen LogP contribution >= 0.6 is 0 Å². The van der Waals surface area contributed by atoms with Crippen molar-refractivity contribution < 1.29 is 53.9 Å². The molecule has 0 saturated heterocycles. The standard InChI is InChI=1S/C12H25NO2.C3H8O3S.Na.H/c1-2-3-4-5-6-7-8-9-10-11(14)12(13)15;1-2-3-7(4,5)6;;/h11,14H,2-10H2,1H3,(H2,13,15);2-3H2,1H3,(H,4,5,6);;/q;;+1;-1. The fourth-order valence-corrected chi connectivity index (χ4v) is 2.39. The zero-order valence-corrected chi connectivity index (χ0v) is 17.8. The van der Waals surface area contributed by atoms with E-state index < -0.39 is 22.1 Å². The number of carbonyl (C=O) groups is 1. The van der Waals surface area contributed by atoms with Crippen molar-refractivity contribution in [3.8, 4) is 0 Å². The Morgan fingerprint density at radius 3 is 1.74 bits per heavy atom. The van der Waals surface area contributed by atoms with Crippen LogP contribution in [0.3, 0.4) is 0 Å². The summed E-state index contributed by atoms with van der Waals surface area (Å²) < 4.78 is 27.6. The SMILES string of the molecule is CCCCCCCCCCC(O)C(N)=O.CCCS(=O)(=O)O.[H-].[Na+]. The molecule has 0 saturated carbocycles. The number of hydrogen-bond donors (Lipinski definition) is 3. The van der Waals surface area contributed by atoms with Crippen LogP contribution in [0, 0.1) is 0 Å². The fraction of sp³-hybridized carbons (Fsp3) is 0.933. The Hall–Kier alpha value is 0.340. The quantitative estimate of drug-likeness (QED) is 0.251. The van der Waals surface area contributed by atoms with E-state index in [1.807, 2.05) is 0 Å². The van der Waals surface area contributed by atoms with E-state index in [2.05, 4.69) is 6.92 Å². The Morgan fingerprint density at radius 2 is 1.43 bits per heavy atom. The molecule has 0 aromatic carbocycles. The number of aliphatic hydroxyl groups is 1. The molecule has 0 aromatic rings. The number of aliphatic hydroxyl groups excluding tert-OH is 1. The van der Waals surface area contributed by atoms with Gasteiger partial charge in [0.1, 0.15) is 6.10 Å². The van der Waals surface area contributed by atoms with Crippen LogP contribution in [0.2, 0.25) is 0 Å². The summed E-state index contributed by atoms with van der Waals surface area (Å²) in [6.07, 6.45) is 9.78. The summed E-state index contributed by atoms with van der Waals surface area (Å²) >= 11 is 0. The van der Waals surface area contributed by atoms with E-state index in [0.29, 0.717) is 12.8 Å². The first kappa shape index (κ1) is 28.2. The third kappa shape index (κ3) is 27.5. The van der Waals surface area contributed by atoms with Crippen molar-refractivity contribution in [2.75, 3.05) is 5.75 Å². The van der Waals surface area contributed by atoms with Gasteiger partial charge in [-0.1, -0.05) is 65.2 Å². The zero-order valence-electron chi connectivity index (χ0n) is 16.0. The van der Waals surface area contributed by atoms with Gasteiger partial charge in [-0.3, -0.25) is 9.35 Å².